The highest BCUT2D eigenvalue weighted by Crippen LogP contribution is 2.26. The second kappa shape index (κ2) is 8.39. The minimum absolute atomic E-state index is 0.0489. The van der Waals surface area contributed by atoms with E-state index in [1.807, 2.05) is 0 Å². The quantitative estimate of drug-likeness (QED) is 0.790. The molecular weight excluding hydrogens is 368 g/mol. The van der Waals surface area contributed by atoms with Crippen LogP contribution in [0.2, 0.25) is 0 Å². The average molecular weight is 394 g/mol. The standard InChI is InChI=1S/C19H26N2O5S/c22-18(15-5-3-1-2-4-6-15)20-11-13-21(14-12-20)27(25,26)17-9-7-16(8-10-17)19(23)24/h7-10,15H,1-6,11-14H2,(H,23,24). The Hall–Kier alpha value is -1.93. The van der Waals surface area contributed by atoms with Crippen LogP contribution in [0.1, 0.15) is 48.9 Å². The van der Waals surface area contributed by atoms with Crippen molar-refractivity contribution in [1.82, 2.24) is 9.21 Å². The van der Waals surface area contributed by atoms with Crippen molar-refractivity contribution in [1.29, 1.82) is 0 Å². The monoisotopic (exact) mass is 394 g/mol. The van der Waals surface area contributed by atoms with Gasteiger partial charge in [-0.3, -0.25) is 4.79 Å². The molecule has 0 bridgehead atoms. The molecule has 2 aliphatic rings. The largest absolute Gasteiger partial charge is 0.478 e. The van der Waals surface area contributed by atoms with Gasteiger partial charge in [-0.15, -0.1) is 0 Å². The van der Waals surface area contributed by atoms with Gasteiger partial charge in [0, 0.05) is 32.1 Å². The normalized spacial score (nSPS) is 20.2. The van der Waals surface area contributed by atoms with Crippen molar-refractivity contribution < 1.29 is 23.1 Å². The number of piperazine rings is 1. The lowest BCUT2D eigenvalue weighted by molar-refractivity contribution is -0.137. The highest BCUT2D eigenvalue weighted by molar-refractivity contribution is 7.89. The first-order chi connectivity index (χ1) is 12.9. The molecule has 1 heterocycles. The fourth-order valence-corrected chi connectivity index (χ4v) is 5.27. The molecule has 27 heavy (non-hydrogen) atoms. The van der Waals surface area contributed by atoms with E-state index < -0.39 is 16.0 Å². The summed E-state index contributed by atoms with van der Waals surface area (Å²) in [6, 6.07) is 5.23. The highest BCUT2D eigenvalue weighted by Gasteiger charge is 2.32. The average Bonchev–Trinajstić information content (AvgIpc) is 2.97. The van der Waals surface area contributed by atoms with Crippen LogP contribution in [0, 0.1) is 5.92 Å². The van der Waals surface area contributed by atoms with E-state index in [-0.39, 0.29) is 35.4 Å². The van der Waals surface area contributed by atoms with E-state index in [4.69, 9.17) is 5.11 Å². The first-order valence-corrected chi connectivity index (χ1v) is 11.0. The third kappa shape index (κ3) is 4.50. The van der Waals surface area contributed by atoms with Gasteiger partial charge in [-0.2, -0.15) is 4.31 Å². The maximum absolute atomic E-state index is 12.8. The van der Waals surface area contributed by atoms with Crippen LogP contribution in [0.5, 0.6) is 0 Å². The van der Waals surface area contributed by atoms with E-state index in [1.165, 1.54) is 41.4 Å². The van der Waals surface area contributed by atoms with Gasteiger partial charge >= 0.3 is 5.97 Å². The Morgan fingerprint density at radius 3 is 1.96 bits per heavy atom. The molecule has 0 atom stereocenters. The summed E-state index contributed by atoms with van der Waals surface area (Å²) in [5, 5.41) is 8.94. The number of sulfonamides is 1. The predicted molar refractivity (Wildman–Crippen MR) is 99.9 cm³/mol. The Morgan fingerprint density at radius 2 is 1.44 bits per heavy atom. The molecule has 1 saturated carbocycles. The number of hydrogen-bond donors (Lipinski definition) is 1. The topological polar surface area (TPSA) is 95.0 Å². The number of carboxylic acids is 1. The number of carboxylic acid groups (broad SMARTS) is 1. The van der Waals surface area contributed by atoms with Crippen molar-refractivity contribution in [2.75, 3.05) is 26.2 Å². The van der Waals surface area contributed by atoms with Gasteiger partial charge in [-0.25, -0.2) is 13.2 Å². The lowest BCUT2D eigenvalue weighted by Gasteiger charge is -2.35. The zero-order valence-corrected chi connectivity index (χ0v) is 16.2. The fourth-order valence-electron chi connectivity index (χ4n) is 3.85. The van der Waals surface area contributed by atoms with Crippen molar-refractivity contribution in [2.45, 2.75) is 43.4 Å². The molecule has 0 aromatic heterocycles. The van der Waals surface area contributed by atoms with Gasteiger partial charge in [-0.1, -0.05) is 25.7 Å². The van der Waals surface area contributed by atoms with Gasteiger partial charge in [0.15, 0.2) is 0 Å². The molecular formula is C19H26N2O5S. The number of nitrogens with zero attached hydrogens (tertiary/aromatic N) is 2. The number of hydrogen-bond acceptors (Lipinski definition) is 4. The van der Waals surface area contributed by atoms with Crippen LogP contribution in [0.15, 0.2) is 29.2 Å². The summed E-state index contributed by atoms with van der Waals surface area (Å²) in [7, 11) is -3.68. The summed E-state index contributed by atoms with van der Waals surface area (Å²) in [6.45, 7) is 1.34. The Labute approximate surface area is 160 Å². The van der Waals surface area contributed by atoms with Gasteiger partial charge in [0.05, 0.1) is 10.5 Å². The first-order valence-electron chi connectivity index (χ1n) is 9.52. The van der Waals surface area contributed by atoms with Crippen molar-refractivity contribution in [2.24, 2.45) is 5.92 Å². The van der Waals surface area contributed by atoms with Crippen molar-refractivity contribution in [3.63, 3.8) is 0 Å². The van der Waals surface area contributed by atoms with Crippen LogP contribution in [0.25, 0.3) is 0 Å². The molecule has 0 spiro atoms. The molecule has 0 unspecified atom stereocenters. The lowest BCUT2D eigenvalue weighted by Crippen LogP contribution is -2.51. The van der Waals surface area contributed by atoms with E-state index in [9.17, 15) is 18.0 Å². The molecule has 1 saturated heterocycles. The second-order valence-electron chi connectivity index (χ2n) is 7.25. The summed E-state index contributed by atoms with van der Waals surface area (Å²) in [5.74, 6) is -0.844. The van der Waals surface area contributed by atoms with Gasteiger partial charge in [0.2, 0.25) is 15.9 Å². The van der Waals surface area contributed by atoms with E-state index in [0.29, 0.717) is 13.1 Å². The highest BCUT2D eigenvalue weighted by atomic mass is 32.2. The van der Waals surface area contributed by atoms with E-state index in [2.05, 4.69) is 0 Å². The van der Waals surface area contributed by atoms with E-state index >= 15 is 0 Å². The zero-order chi connectivity index (χ0) is 19.4. The number of rotatable bonds is 4. The summed E-state index contributed by atoms with van der Waals surface area (Å²) >= 11 is 0. The Bertz CT molecular complexity index is 775. The molecule has 148 valence electrons. The molecule has 1 aliphatic carbocycles. The van der Waals surface area contributed by atoms with Gasteiger partial charge in [0.1, 0.15) is 0 Å². The third-order valence-electron chi connectivity index (χ3n) is 5.49. The maximum atomic E-state index is 12.8. The molecule has 1 amide bonds. The minimum atomic E-state index is -3.68. The molecule has 2 fully saturated rings. The van der Waals surface area contributed by atoms with E-state index in [0.717, 1.165) is 25.7 Å². The second-order valence-corrected chi connectivity index (χ2v) is 9.19. The third-order valence-corrected chi connectivity index (χ3v) is 7.41. The molecule has 8 heteroatoms. The molecule has 1 aromatic rings. The zero-order valence-electron chi connectivity index (χ0n) is 15.3. The summed E-state index contributed by atoms with van der Waals surface area (Å²) < 4.78 is 26.9. The minimum Gasteiger partial charge on any atom is -0.478 e. The number of amides is 1. The Balaban J connectivity index is 1.62. The molecule has 0 radical (unpaired) electrons. The summed E-state index contributed by atoms with van der Waals surface area (Å²) in [4.78, 5) is 25.5. The van der Waals surface area contributed by atoms with Crippen LogP contribution >= 0.6 is 0 Å². The molecule has 1 N–H and O–H groups in total. The molecule has 3 rings (SSSR count). The molecule has 1 aliphatic heterocycles. The van der Waals surface area contributed by atoms with Gasteiger partial charge < -0.3 is 10.0 Å². The Kier molecular flexibility index (Phi) is 6.16. The number of carbonyl (C=O) groups is 2. The van der Waals surface area contributed by atoms with Crippen LogP contribution in [-0.2, 0) is 14.8 Å². The van der Waals surface area contributed by atoms with Crippen LogP contribution in [-0.4, -0.2) is 60.8 Å². The van der Waals surface area contributed by atoms with Crippen LogP contribution in [0.4, 0.5) is 0 Å². The Morgan fingerprint density at radius 1 is 0.889 bits per heavy atom. The number of aromatic carboxylic acids is 1. The van der Waals surface area contributed by atoms with Gasteiger partial charge in [0.25, 0.3) is 0 Å². The van der Waals surface area contributed by atoms with E-state index in [1.54, 1.807) is 4.90 Å². The fraction of sp³-hybridized carbons (Fsp3) is 0.579. The number of benzene rings is 1. The van der Waals surface area contributed by atoms with Gasteiger partial charge in [-0.05, 0) is 37.1 Å². The van der Waals surface area contributed by atoms with Crippen LogP contribution < -0.4 is 0 Å². The summed E-state index contributed by atoms with van der Waals surface area (Å²) in [5.41, 5.74) is 0.0489. The first kappa shape index (κ1) is 19.8. The molecule has 7 nitrogen and oxygen atoms in total. The van der Waals surface area contributed by atoms with Crippen molar-refractivity contribution in [3.8, 4) is 0 Å². The smallest absolute Gasteiger partial charge is 0.335 e. The number of carbonyl (C=O) groups excluding carboxylic acids is 1. The molecule has 1 aromatic carbocycles. The lowest BCUT2D eigenvalue weighted by atomic mass is 9.98. The van der Waals surface area contributed by atoms with Crippen molar-refractivity contribution in [3.05, 3.63) is 29.8 Å². The van der Waals surface area contributed by atoms with Crippen LogP contribution in [0.3, 0.4) is 0 Å². The SMILES string of the molecule is O=C(O)c1ccc(S(=O)(=O)N2CCN(C(=O)C3CCCCCC3)CC2)cc1. The predicted octanol–water partition coefficient (Wildman–Crippen LogP) is 2.19. The maximum Gasteiger partial charge on any atom is 0.335 e. The summed E-state index contributed by atoms with van der Waals surface area (Å²) in [6.07, 6.45) is 6.45. The van der Waals surface area contributed by atoms with Crippen molar-refractivity contribution >= 4 is 21.9 Å².